The summed E-state index contributed by atoms with van der Waals surface area (Å²) in [7, 11) is 1.55. The van der Waals surface area contributed by atoms with E-state index in [1.165, 1.54) is 6.07 Å². The number of hydrogen-bond donors (Lipinski definition) is 1. The highest BCUT2D eigenvalue weighted by atomic mass is 35.5. The standard InChI is InChI=1S/C11H15ClN2O4/c1-18-7-5-13(4-6-15)10-3-2-9(12)8-11(10)14(16)17/h2-3,8,15H,4-7H2,1H3. The average molecular weight is 275 g/mol. The zero-order valence-electron chi connectivity index (χ0n) is 10.0. The number of hydrogen-bond acceptors (Lipinski definition) is 5. The van der Waals surface area contributed by atoms with Crippen molar-refractivity contribution in [2.24, 2.45) is 0 Å². The number of ether oxygens (including phenoxy) is 1. The highest BCUT2D eigenvalue weighted by molar-refractivity contribution is 6.30. The molecule has 0 fully saturated rings. The number of halogens is 1. The maximum Gasteiger partial charge on any atom is 0.294 e. The Morgan fingerprint density at radius 1 is 1.50 bits per heavy atom. The SMILES string of the molecule is COCCN(CCO)c1ccc(Cl)cc1[N+](=O)[O-]. The van der Waals surface area contributed by atoms with Gasteiger partial charge in [0.2, 0.25) is 0 Å². The monoisotopic (exact) mass is 274 g/mol. The predicted octanol–water partition coefficient (Wildman–Crippen LogP) is 1.69. The minimum absolute atomic E-state index is 0.0768. The average Bonchev–Trinajstić information content (AvgIpc) is 2.34. The first-order chi connectivity index (χ1) is 8.60. The second kappa shape index (κ2) is 7.15. The fourth-order valence-corrected chi connectivity index (χ4v) is 1.75. The molecule has 0 amide bonds. The van der Waals surface area contributed by atoms with Gasteiger partial charge in [-0.3, -0.25) is 10.1 Å². The lowest BCUT2D eigenvalue weighted by atomic mass is 10.2. The topological polar surface area (TPSA) is 75.8 Å². The molecule has 0 aromatic heterocycles. The minimum Gasteiger partial charge on any atom is -0.395 e. The van der Waals surface area contributed by atoms with Crippen LogP contribution in [0.25, 0.3) is 0 Å². The molecule has 0 bridgehead atoms. The quantitative estimate of drug-likeness (QED) is 0.605. The van der Waals surface area contributed by atoms with Crippen LogP contribution >= 0.6 is 11.6 Å². The van der Waals surface area contributed by atoms with Gasteiger partial charge in [-0.2, -0.15) is 0 Å². The Kier molecular flexibility index (Phi) is 5.84. The van der Waals surface area contributed by atoms with Crippen molar-refractivity contribution in [3.63, 3.8) is 0 Å². The molecular formula is C11H15ClN2O4. The van der Waals surface area contributed by atoms with Crippen molar-refractivity contribution in [1.82, 2.24) is 0 Å². The summed E-state index contributed by atoms with van der Waals surface area (Å²) in [6.45, 7) is 1.08. The van der Waals surface area contributed by atoms with E-state index in [1.54, 1.807) is 24.1 Å². The van der Waals surface area contributed by atoms with Crippen LogP contribution in [0.1, 0.15) is 0 Å². The number of nitro benzene ring substituents is 1. The van der Waals surface area contributed by atoms with Gasteiger partial charge in [0.1, 0.15) is 5.69 Å². The third-order valence-electron chi connectivity index (χ3n) is 2.41. The van der Waals surface area contributed by atoms with Gasteiger partial charge in [0.15, 0.2) is 0 Å². The Balaban J connectivity index is 3.05. The summed E-state index contributed by atoms with van der Waals surface area (Å²) >= 11 is 5.75. The molecule has 1 rings (SSSR count). The summed E-state index contributed by atoms with van der Waals surface area (Å²) in [6, 6.07) is 4.46. The molecule has 0 aliphatic rings. The zero-order valence-corrected chi connectivity index (χ0v) is 10.8. The summed E-state index contributed by atoms with van der Waals surface area (Å²) in [4.78, 5) is 12.2. The lowest BCUT2D eigenvalue weighted by Gasteiger charge is -2.23. The van der Waals surface area contributed by atoms with Crippen molar-refractivity contribution in [2.45, 2.75) is 0 Å². The Hall–Kier alpha value is -1.37. The van der Waals surface area contributed by atoms with E-state index in [1.807, 2.05) is 0 Å². The van der Waals surface area contributed by atoms with Gasteiger partial charge >= 0.3 is 0 Å². The van der Waals surface area contributed by atoms with E-state index in [2.05, 4.69) is 0 Å². The highest BCUT2D eigenvalue weighted by Gasteiger charge is 2.19. The molecule has 0 aliphatic heterocycles. The first-order valence-corrected chi connectivity index (χ1v) is 5.76. The van der Waals surface area contributed by atoms with Crippen molar-refractivity contribution < 1.29 is 14.8 Å². The Morgan fingerprint density at radius 3 is 2.78 bits per heavy atom. The van der Waals surface area contributed by atoms with E-state index < -0.39 is 4.92 Å². The molecule has 0 heterocycles. The van der Waals surface area contributed by atoms with Crippen LogP contribution in [-0.2, 0) is 4.74 Å². The molecule has 0 radical (unpaired) electrons. The molecule has 1 aromatic rings. The summed E-state index contributed by atoms with van der Waals surface area (Å²) in [5.74, 6) is 0. The smallest absolute Gasteiger partial charge is 0.294 e. The molecule has 100 valence electrons. The van der Waals surface area contributed by atoms with E-state index in [4.69, 9.17) is 21.4 Å². The molecule has 18 heavy (non-hydrogen) atoms. The van der Waals surface area contributed by atoms with Crippen LogP contribution in [0.4, 0.5) is 11.4 Å². The van der Waals surface area contributed by atoms with Crippen molar-refractivity contribution in [3.8, 4) is 0 Å². The van der Waals surface area contributed by atoms with E-state index >= 15 is 0 Å². The third-order valence-corrected chi connectivity index (χ3v) is 2.65. The van der Waals surface area contributed by atoms with E-state index in [-0.39, 0.29) is 12.3 Å². The van der Waals surface area contributed by atoms with E-state index in [0.29, 0.717) is 30.4 Å². The van der Waals surface area contributed by atoms with Gasteiger partial charge in [0.05, 0.1) is 18.1 Å². The fourth-order valence-electron chi connectivity index (χ4n) is 1.59. The van der Waals surface area contributed by atoms with Crippen molar-refractivity contribution >= 4 is 23.0 Å². The maximum atomic E-state index is 11.0. The number of anilines is 1. The number of rotatable bonds is 7. The molecule has 0 aliphatic carbocycles. The van der Waals surface area contributed by atoms with Crippen LogP contribution in [0.15, 0.2) is 18.2 Å². The van der Waals surface area contributed by atoms with Crippen molar-refractivity contribution in [1.29, 1.82) is 0 Å². The molecule has 0 saturated heterocycles. The normalized spacial score (nSPS) is 10.4. The van der Waals surface area contributed by atoms with E-state index in [0.717, 1.165) is 0 Å². The zero-order chi connectivity index (χ0) is 13.5. The number of nitrogens with zero attached hydrogens (tertiary/aromatic N) is 2. The predicted molar refractivity (Wildman–Crippen MR) is 69.3 cm³/mol. The second-order valence-corrected chi connectivity index (χ2v) is 4.03. The molecule has 7 heteroatoms. The number of nitro groups is 1. The molecular weight excluding hydrogens is 260 g/mol. The van der Waals surface area contributed by atoms with Gasteiger partial charge in [-0.1, -0.05) is 11.6 Å². The lowest BCUT2D eigenvalue weighted by molar-refractivity contribution is -0.384. The van der Waals surface area contributed by atoms with Crippen LogP contribution in [0.5, 0.6) is 0 Å². The maximum absolute atomic E-state index is 11.0. The first-order valence-electron chi connectivity index (χ1n) is 5.38. The van der Waals surface area contributed by atoms with Gasteiger partial charge in [-0.15, -0.1) is 0 Å². The van der Waals surface area contributed by atoms with Crippen LogP contribution < -0.4 is 4.90 Å². The molecule has 0 saturated carbocycles. The number of benzene rings is 1. The van der Waals surface area contributed by atoms with Gasteiger partial charge in [-0.25, -0.2) is 0 Å². The highest BCUT2D eigenvalue weighted by Crippen LogP contribution is 2.30. The van der Waals surface area contributed by atoms with Gasteiger partial charge in [0, 0.05) is 31.3 Å². The minimum atomic E-state index is -0.488. The molecule has 0 unspecified atom stereocenters. The largest absolute Gasteiger partial charge is 0.395 e. The molecule has 1 aromatic carbocycles. The summed E-state index contributed by atoms with van der Waals surface area (Å²) < 4.78 is 4.94. The summed E-state index contributed by atoms with van der Waals surface area (Å²) in [5.41, 5.74) is 0.350. The molecule has 0 spiro atoms. The van der Waals surface area contributed by atoms with Crippen LogP contribution in [0.3, 0.4) is 0 Å². The second-order valence-electron chi connectivity index (χ2n) is 3.59. The summed E-state index contributed by atoms with van der Waals surface area (Å²) in [6.07, 6.45) is 0. The number of methoxy groups -OCH3 is 1. The molecule has 6 nitrogen and oxygen atoms in total. The first kappa shape index (κ1) is 14.7. The number of aliphatic hydroxyl groups excluding tert-OH is 1. The van der Waals surface area contributed by atoms with Gasteiger partial charge < -0.3 is 14.7 Å². The lowest BCUT2D eigenvalue weighted by Crippen LogP contribution is -2.30. The Bertz CT molecular complexity index is 414. The van der Waals surface area contributed by atoms with Crippen LogP contribution in [0, 0.1) is 10.1 Å². The molecule has 0 atom stereocenters. The van der Waals surface area contributed by atoms with Crippen LogP contribution in [-0.4, -0.2) is 43.4 Å². The van der Waals surface area contributed by atoms with Crippen molar-refractivity contribution in [2.75, 3.05) is 38.3 Å². The van der Waals surface area contributed by atoms with E-state index in [9.17, 15) is 10.1 Å². The Morgan fingerprint density at radius 2 is 2.22 bits per heavy atom. The van der Waals surface area contributed by atoms with Gasteiger partial charge in [-0.05, 0) is 12.1 Å². The van der Waals surface area contributed by atoms with Crippen molar-refractivity contribution in [3.05, 3.63) is 33.3 Å². The fraction of sp³-hybridized carbons (Fsp3) is 0.455. The number of aliphatic hydroxyl groups is 1. The van der Waals surface area contributed by atoms with Gasteiger partial charge in [0.25, 0.3) is 5.69 Å². The third kappa shape index (κ3) is 3.83. The molecule has 1 N–H and O–H groups in total. The van der Waals surface area contributed by atoms with Crippen LogP contribution in [0.2, 0.25) is 5.02 Å². The Labute approximate surface area is 110 Å². The summed E-state index contributed by atoms with van der Waals surface area (Å²) in [5, 5.41) is 20.3.